The molecule has 0 bridgehead atoms. The van der Waals surface area contributed by atoms with Crippen molar-refractivity contribution in [3.05, 3.63) is 65.7 Å². The van der Waals surface area contributed by atoms with E-state index < -0.39 is 159 Å². The predicted molar refractivity (Wildman–Crippen MR) is 224 cm³/mol. The summed E-state index contributed by atoms with van der Waals surface area (Å²) in [5, 5.41) is 69.3. The van der Waals surface area contributed by atoms with Crippen LogP contribution < -0.4 is 32.3 Å². The maximum absolute atomic E-state index is 12.1. The molecule has 0 saturated carbocycles. The Labute approximate surface area is 395 Å². The highest BCUT2D eigenvalue weighted by Crippen LogP contribution is 2.60. The lowest BCUT2D eigenvalue weighted by Crippen LogP contribution is -2.48. The molecule has 33 nitrogen and oxygen atoms in total. The van der Waals surface area contributed by atoms with Crippen LogP contribution in [-0.2, 0) is 63.9 Å². The van der Waals surface area contributed by atoms with Gasteiger partial charge in [0.15, 0.2) is 18.8 Å². The third-order valence-corrected chi connectivity index (χ3v) is 15.2. The smallest absolute Gasteiger partial charge is 0.478 e. The number of H-pyrrole nitrogens is 2. The number of nitrogens with one attached hydrogen (secondary N) is 2. The fourth-order valence-electron chi connectivity index (χ4n) is 6.71. The molecule has 4 aliphatic rings. The Bertz CT molecular complexity index is 2510. The summed E-state index contributed by atoms with van der Waals surface area (Å²) in [6.45, 7) is 2.57. The maximum Gasteiger partial charge on any atom is 0.478 e. The van der Waals surface area contributed by atoms with Crippen LogP contribution in [0.25, 0.3) is 0 Å². The predicted octanol–water partition coefficient (Wildman–Crippen LogP) is -4.13. The van der Waals surface area contributed by atoms with Crippen molar-refractivity contribution >= 4 is 31.3 Å². The first kappa shape index (κ1) is 61.7. The minimum absolute atomic E-state index is 0. The zero-order chi connectivity index (χ0) is 50.8. The summed E-state index contributed by atoms with van der Waals surface area (Å²) in [5.74, 6) is 0. The van der Waals surface area contributed by atoms with Crippen molar-refractivity contribution in [3.63, 3.8) is 0 Å². The van der Waals surface area contributed by atoms with Crippen LogP contribution in [0.15, 0.2) is 37.6 Å². The Balaban J connectivity index is 0.000000360. The van der Waals surface area contributed by atoms with E-state index in [-0.39, 0.29) is 39.7 Å². The van der Waals surface area contributed by atoms with Crippen LogP contribution in [0.5, 0.6) is 0 Å². The van der Waals surface area contributed by atoms with Gasteiger partial charge in [-0.25, -0.2) is 27.3 Å². The molecule has 0 radical (unpaired) electrons. The zero-order valence-corrected chi connectivity index (χ0v) is 38.9. The average molecular weight is 1100 g/mol. The number of aromatic amines is 2. The van der Waals surface area contributed by atoms with E-state index in [1.165, 1.54) is 27.0 Å². The third-order valence-electron chi connectivity index (χ3n) is 10.0. The number of nitrogens with zero attached hydrogens (tertiary/aromatic N) is 2. The van der Waals surface area contributed by atoms with Crippen molar-refractivity contribution in [1.82, 2.24) is 19.1 Å². The van der Waals surface area contributed by atoms with Crippen molar-refractivity contribution in [1.29, 1.82) is 0 Å². The Morgan fingerprint density at radius 1 is 0.657 bits per heavy atom. The number of phosphoric ester groups is 4. The number of aliphatic hydroxyl groups excluding tert-OH is 7. The topological polar surface area (TPSA) is 498 Å². The van der Waals surface area contributed by atoms with Gasteiger partial charge in [-0.15, -0.1) is 0 Å². The molecule has 0 aliphatic carbocycles. The van der Waals surface area contributed by atoms with Gasteiger partial charge in [-0.3, -0.25) is 55.9 Å². The summed E-state index contributed by atoms with van der Waals surface area (Å²) < 4.78 is 96.8. The monoisotopic (exact) mass is 1100 g/mol. The Kier molecular flexibility index (Phi) is 21.7. The van der Waals surface area contributed by atoms with Crippen LogP contribution in [0.1, 0.15) is 66.0 Å². The first-order valence-electron chi connectivity index (χ1n) is 19.7. The molecule has 19 atom stereocenters. The zero-order valence-electron chi connectivity index (χ0n) is 35.3. The van der Waals surface area contributed by atoms with E-state index in [2.05, 4.69) is 31.7 Å². The second kappa shape index (κ2) is 24.6. The highest BCUT2D eigenvalue weighted by molar-refractivity contribution is 7.61. The minimum Gasteiger partial charge on any atom is -0.756 e. The molecule has 0 spiro atoms. The van der Waals surface area contributed by atoms with E-state index in [1.54, 1.807) is 0 Å². The van der Waals surface area contributed by atoms with E-state index in [0.29, 0.717) is 0 Å². The van der Waals surface area contributed by atoms with Gasteiger partial charge in [0.25, 0.3) is 26.8 Å². The number of aryl methyl sites for hydroxylation is 1. The molecule has 4 aliphatic heterocycles. The van der Waals surface area contributed by atoms with Gasteiger partial charge in [0.05, 0.1) is 43.7 Å². The standard InChI is InChI=1S/C16H26N2O14P2.C15H24N2O15P2.2CH4/c1-7-5-18(16(23)17-14(7)22)12-4-9(19)11(30-12)6-28-33(24,25)32-34(26,27)31-15-13(21)10(20)3-8(2)29-15;1-6-4-7(18)10(20)14(29-6)31-34(26,27)32-33(24,25)28-5-8-11(21)12(22)13(30-8)17-3-2-9(19)16-15(17)23;;/h5,8-13,15,19-21H,3-4,6H2,1-2H3,(H,24,25)(H,26,27)(H,17,22,23);2-3,6-8,10-14,18,20-22H,4-5H2,1H3,(H,24,25)(H,26,27)(H,16,19,23);2*1H4/p-2/t8?,9-,10+,11-,12-,13?,15-;6?,7-,8+,10?,11-,12?,13+,14+;;/m10../s1. The fraction of sp³-hybridized carbons (Fsp3) is 0.758. The number of aromatic nitrogens is 4. The Hall–Kier alpha value is -2.56. The Morgan fingerprint density at radius 3 is 1.61 bits per heavy atom. The number of ether oxygens (including phenoxy) is 4. The summed E-state index contributed by atoms with van der Waals surface area (Å²) in [6, 6.07) is 0.946. The lowest BCUT2D eigenvalue weighted by atomic mass is 10.0. The van der Waals surface area contributed by atoms with Gasteiger partial charge in [-0.05, 0) is 20.8 Å². The van der Waals surface area contributed by atoms with E-state index in [1.807, 2.05) is 4.98 Å². The largest absolute Gasteiger partial charge is 0.756 e. The summed E-state index contributed by atoms with van der Waals surface area (Å²) in [4.78, 5) is 94.0. The van der Waals surface area contributed by atoms with Crippen LogP contribution in [0.3, 0.4) is 0 Å². The van der Waals surface area contributed by atoms with Gasteiger partial charge in [0.2, 0.25) is 0 Å². The van der Waals surface area contributed by atoms with Gasteiger partial charge in [0, 0.05) is 43.3 Å². The lowest BCUT2D eigenvalue weighted by Gasteiger charge is -2.38. The fourth-order valence-corrected chi connectivity index (χ4v) is 10.9. The van der Waals surface area contributed by atoms with Gasteiger partial charge >= 0.3 is 27.0 Å². The molecule has 11 N–H and O–H groups in total. The summed E-state index contributed by atoms with van der Waals surface area (Å²) >= 11 is 0. The SMILES string of the molecule is C.C.CC1C[C@H](O)C(O)[C@@H](OP(=O)([O-])OP(=O)(O)OC[C@H]2O[C@@H](n3ccc(=O)[nH]c3=O)C(O)[C@H]2O)O1.Cc1cn([C@H]2C[C@@H](O)[C@@H](COP(=O)(O)OP(=O)([O-])O[C@H]3OC(C)C[C@H](O)C3O)O2)c(=O)[nH]c1=O. The molecule has 6 rings (SSSR count). The molecule has 404 valence electrons. The molecule has 0 aromatic carbocycles. The van der Waals surface area contributed by atoms with Gasteiger partial charge in [0.1, 0.15) is 42.9 Å². The van der Waals surface area contributed by atoms with Gasteiger partial charge in [-0.1, -0.05) is 14.9 Å². The number of phosphoric acid groups is 4. The van der Waals surface area contributed by atoms with Crippen molar-refractivity contribution in [3.8, 4) is 0 Å². The Morgan fingerprint density at radius 2 is 1.13 bits per heavy atom. The molecule has 37 heteroatoms. The molecule has 9 unspecified atom stereocenters. The van der Waals surface area contributed by atoms with Crippen molar-refractivity contribution in [2.24, 2.45) is 0 Å². The van der Waals surface area contributed by atoms with Crippen molar-refractivity contribution < 1.29 is 119 Å². The maximum atomic E-state index is 12.1. The molecule has 2 aromatic rings. The number of hydrogen-bond acceptors (Lipinski definition) is 27. The van der Waals surface area contributed by atoms with Crippen LogP contribution in [0.4, 0.5) is 0 Å². The second-order valence-electron chi connectivity index (χ2n) is 15.5. The summed E-state index contributed by atoms with van der Waals surface area (Å²) in [5.41, 5.74) is -2.91. The number of rotatable bonds is 16. The van der Waals surface area contributed by atoms with Crippen molar-refractivity contribution in [2.75, 3.05) is 13.2 Å². The molecule has 6 heterocycles. The van der Waals surface area contributed by atoms with Crippen LogP contribution in [0.2, 0.25) is 0 Å². The molecule has 4 saturated heterocycles. The summed E-state index contributed by atoms with van der Waals surface area (Å²) in [6.07, 6.45) is -19.6. The molecule has 4 fully saturated rings. The van der Waals surface area contributed by atoms with E-state index in [0.717, 1.165) is 21.4 Å². The van der Waals surface area contributed by atoms with Crippen LogP contribution in [-0.4, -0.2) is 158 Å². The minimum atomic E-state index is -5.65. The van der Waals surface area contributed by atoms with E-state index in [9.17, 15) is 92.8 Å². The van der Waals surface area contributed by atoms with E-state index >= 15 is 0 Å². The summed E-state index contributed by atoms with van der Waals surface area (Å²) in [7, 11) is -22.0. The molecular weight excluding hydrogens is 1040 g/mol. The number of aliphatic hydroxyl groups is 7. The van der Waals surface area contributed by atoms with Crippen LogP contribution >= 0.6 is 31.3 Å². The average Bonchev–Trinajstić information content (AvgIpc) is 3.71. The highest BCUT2D eigenvalue weighted by atomic mass is 31.3. The van der Waals surface area contributed by atoms with Gasteiger partial charge in [-0.2, -0.15) is 0 Å². The van der Waals surface area contributed by atoms with E-state index in [4.69, 9.17) is 18.9 Å². The first-order chi connectivity index (χ1) is 31.4. The quantitative estimate of drug-likeness (QED) is 0.0711. The first-order valence-corrected chi connectivity index (χ1v) is 25.7. The molecular formula is C33H56N4O29P4-2. The molecule has 2 aromatic heterocycles. The van der Waals surface area contributed by atoms with Gasteiger partial charge < -0.3 is 74.3 Å². The highest BCUT2D eigenvalue weighted by Gasteiger charge is 2.47. The van der Waals surface area contributed by atoms with Crippen molar-refractivity contribution in [2.45, 2.75) is 147 Å². The third kappa shape index (κ3) is 16.5. The second-order valence-corrected chi connectivity index (χ2v) is 21.4. The lowest BCUT2D eigenvalue weighted by molar-refractivity contribution is -0.277. The van der Waals surface area contributed by atoms with Crippen LogP contribution in [0, 0.1) is 6.92 Å². The molecule has 0 amide bonds. The normalized spacial score (nSPS) is 35.6. The molecule has 70 heavy (non-hydrogen) atoms. The number of hydrogen-bond donors (Lipinski definition) is 11.